The molecule has 9 heteroatoms. The summed E-state index contributed by atoms with van der Waals surface area (Å²) in [7, 11) is 0. The number of nitrogens with one attached hydrogen (secondary N) is 1. The van der Waals surface area contributed by atoms with Crippen molar-refractivity contribution in [3.05, 3.63) is 65.8 Å². The first-order valence-corrected chi connectivity index (χ1v) is 9.35. The summed E-state index contributed by atoms with van der Waals surface area (Å²) < 4.78 is 13.0. The molecular formula is C19H15FN6OS. The smallest absolute Gasteiger partial charge is 0.252 e. The quantitative estimate of drug-likeness (QED) is 0.556. The van der Waals surface area contributed by atoms with Crippen molar-refractivity contribution in [2.75, 3.05) is 5.32 Å². The molecule has 1 N–H and O–H groups in total. The minimum absolute atomic E-state index is 0.308. The van der Waals surface area contributed by atoms with Crippen molar-refractivity contribution in [1.29, 1.82) is 0 Å². The number of thiazole rings is 1. The van der Waals surface area contributed by atoms with Gasteiger partial charge in [0, 0.05) is 16.5 Å². The standard InChI is InChI=1S/C19H15FN6OS/c1-12(26-24-17(23-25-26)14-5-3-2-4-6-14)18(27)22-19-21-16(11-28-19)13-7-9-15(20)10-8-13/h2-12H,1H3,(H,21,22,27). The number of rotatable bonds is 5. The Balaban J connectivity index is 1.45. The second-order valence-electron chi connectivity index (χ2n) is 6.01. The maximum absolute atomic E-state index is 13.0. The summed E-state index contributed by atoms with van der Waals surface area (Å²) in [6.45, 7) is 1.68. The zero-order valence-electron chi connectivity index (χ0n) is 14.8. The average Bonchev–Trinajstić information content (AvgIpc) is 3.39. The predicted molar refractivity (Wildman–Crippen MR) is 104 cm³/mol. The lowest BCUT2D eigenvalue weighted by Crippen LogP contribution is -2.25. The van der Waals surface area contributed by atoms with Crippen LogP contribution < -0.4 is 5.32 Å². The van der Waals surface area contributed by atoms with E-state index in [1.165, 1.54) is 28.3 Å². The number of carbonyl (C=O) groups excluding carboxylic acids is 1. The van der Waals surface area contributed by atoms with Crippen LogP contribution in [0.15, 0.2) is 60.0 Å². The van der Waals surface area contributed by atoms with E-state index < -0.39 is 6.04 Å². The third-order valence-corrected chi connectivity index (χ3v) is 4.82. The molecule has 4 aromatic rings. The Hall–Kier alpha value is -3.46. The first-order valence-electron chi connectivity index (χ1n) is 8.47. The highest BCUT2D eigenvalue weighted by Gasteiger charge is 2.20. The van der Waals surface area contributed by atoms with Gasteiger partial charge >= 0.3 is 0 Å². The molecule has 0 bridgehead atoms. The first-order chi connectivity index (χ1) is 13.6. The van der Waals surface area contributed by atoms with Crippen LogP contribution in [-0.4, -0.2) is 31.1 Å². The molecule has 2 aromatic heterocycles. The zero-order chi connectivity index (χ0) is 19.5. The van der Waals surface area contributed by atoms with Crippen molar-refractivity contribution in [2.45, 2.75) is 13.0 Å². The molecule has 0 saturated heterocycles. The minimum Gasteiger partial charge on any atom is -0.300 e. The van der Waals surface area contributed by atoms with Gasteiger partial charge in [0.2, 0.25) is 5.82 Å². The predicted octanol–water partition coefficient (Wildman–Crippen LogP) is 3.80. The van der Waals surface area contributed by atoms with Gasteiger partial charge in [-0.1, -0.05) is 30.3 Å². The Morgan fingerprint density at radius 3 is 2.61 bits per heavy atom. The summed E-state index contributed by atoms with van der Waals surface area (Å²) in [5, 5.41) is 17.3. The molecule has 1 amide bonds. The Labute approximate surface area is 163 Å². The van der Waals surface area contributed by atoms with E-state index in [0.29, 0.717) is 16.6 Å². The molecule has 1 atom stereocenters. The van der Waals surface area contributed by atoms with E-state index in [-0.39, 0.29) is 11.7 Å². The molecule has 0 fully saturated rings. The van der Waals surface area contributed by atoms with Crippen LogP contribution in [0.2, 0.25) is 0 Å². The average molecular weight is 394 g/mol. The monoisotopic (exact) mass is 394 g/mol. The van der Waals surface area contributed by atoms with E-state index in [9.17, 15) is 9.18 Å². The summed E-state index contributed by atoms with van der Waals surface area (Å²) >= 11 is 1.29. The largest absolute Gasteiger partial charge is 0.300 e. The highest BCUT2D eigenvalue weighted by atomic mass is 32.1. The van der Waals surface area contributed by atoms with Gasteiger partial charge in [0.05, 0.1) is 5.69 Å². The van der Waals surface area contributed by atoms with Crippen molar-refractivity contribution >= 4 is 22.4 Å². The topological polar surface area (TPSA) is 85.6 Å². The fraction of sp³-hybridized carbons (Fsp3) is 0.105. The van der Waals surface area contributed by atoms with Crippen molar-refractivity contribution in [3.8, 4) is 22.6 Å². The second-order valence-corrected chi connectivity index (χ2v) is 6.87. The molecule has 7 nitrogen and oxygen atoms in total. The van der Waals surface area contributed by atoms with Gasteiger partial charge in [-0.15, -0.1) is 21.5 Å². The van der Waals surface area contributed by atoms with E-state index in [0.717, 1.165) is 11.1 Å². The number of benzene rings is 2. The number of amides is 1. The van der Waals surface area contributed by atoms with Crippen LogP contribution in [0.3, 0.4) is 0 Å². The van der Waals surface area contributed by atoms with E-state index in [4.69, 9.17) is 0 Å². The van der Waals surface area contributed by atoms with Crippen molar-refractivity contribution < 1.29 is 9.18 Å². The summed E-state index contributed by atoms with van der Waals surface area (Å²) in [6.07, 6.45) is 0. The van der Waals surface area contributed by atoms with Crippen molar-refractivity contribution in [1.82, 2.24) is 25.2 Å². The van der Waals surface area contributed by atoms with Crippen LogP contribution >= 0.6 is 11.3 Å². The Morgan fingerprint density at radius 2 is 1.86 bits per heavy atom. The van der Waals surface area contributed by atoms with Gasteiger partial charge < -0.3 is 5.32 Å². The number of halogens is 1. The van der Waals surface area contributed by atoms with Crippen LogP contribution in [0.25, 0.3) is 22.6 Å². The lowest BCUT2D eigenvalue weighted by atomic mass is 10.2. The van der Waals surface area contributed by atoms with Gasteiger partial charge in [-0.05, 0) is 36.4 Å². The minimum atomic E-state index is -0.664. The fourth-order valence-electron chi connectivity index (χ4n) is 2.49. The number of carbonyl (C=O) groups is 1. The molecule has 0 saturated carbocycles. The summed E-state index contributed by atoms with van der Waals surface area (Å²) in [4.78, 5) is 18.2. The second kappa shape index (κ2) is 7.65. The van der Waals surface area contributed by atoms with Crippen LogP contribution in [0.1, 0.15) is 13.0 Å². The number of tetrazole rings is 1. The van der Waals surface area contributed by atoms with Gasteiger partial charge in [0.1, 0.15) is 11.9 Å². The third kappa shape index (κ3) is 3.79. The van der Waals surface area contributed by atoms with Crippen molar-refractivity contribution in [3.63, 3.8) is 0 Å². The molecule has 0 aliphatic carbocycles. The molecule has 0 spiro atoms. The third-order valence-electron chi connectivity index (χ3n) is 4.06. The molecular weight excluding hydrogens is 379 g/mol. The Bertz CT molecular complexity index is 1090. The zero-order valence-corrected chi connectivity index (χ0v) is 15.6. The Kier molecular flexibility index (Phi) is 4.90. The van der Waals surface area contributed by atoms with Crippen LogP contribution in [0.5, 0.6) is 0 Å². The first kappa shape index (κ1) is 17.9. The number of nitrogens with zero attached hydrogens (tertiary/aromatic N) is 5. The van der Waals surface area contributed by atoms with Crippen LogP contribution in [0, 0.1) is 5.82 Å². The highest BCUT2D eigenvalue weighted by molar-refractivity contribution is 7.14. The molecule has 2 aromatic carbocycles. The van der Waals surface area contributed by atoms with Gasteiger partial charge in [-0.25, -0.2) is 9.37 Å². The summed E-state index contributed by atoms with van der Waals surface area (Å²) in [6, 6.07) is 14.8. The molecule has 140 valence electrons. The van der Waals surface area contributed by atoms with Gasteiger partial charge in [-0.3, -0.25) is 4.79 Å². The molecule has 0 radical (unpaired) electrons. The normalized spacial score (nSPS) is 11.9. The number of anilines is 1. The van der Waals surface area contributed by atoms with Gasteiger partial charge in [0.15, 0.2) is 5.13 Å². The maximum atomic E-state index is 13.0. The van der Waals surface area contributed by atoms with Crippen LogP contribution in [-0.2, 0) is 4.79 Å². The molecule has 0 aliphatic heterocycles. The van der Waals surface area contributed by atoms with E-state index >= 15 is 0 Å². The fourth-order valence-corrected chi connectivity index (χ4v) is 3.21. The Morgan fingerprint density at radius 1 is 1.11 bits per heavy atom. The van der Waals surface area contributed by atoms with E-state index in [1.807, 2.05) is 30.3 Å². The summed E-state index contributed by atoms with van der Waals surface area (Å²) in [5.74, 6) is -0.165. The molecule has 2 heterocycles. The SMILES string of the molecule is CC(C(=O)Nc1nc(-c2ccc(F)cc2)cs1)n1nnc(-c2ccccc2)n1. The van der Waals surface area contributed by atoms with Crippen molar-refractivity contribution in [2.24, 2.45) is 0 Å². The molecule has 4 rings (SSSR count). The van der Waals surface area contributed by atoms with E-state index in [2.05, 4.69) is 25.7 Å². The van der Waals surface area contributed by atoms with E-state index in [1.54, 1.807) is 24.4 Å². The van der Waals surface area contributed by atoms with Crippen LogP contribution in [0.4, 0.5) is 9.52 Å². The molecule has 0 aliphatic rings. The summed E-state index contributed by atoms with van der Waals surface area (Å²) in [5.41, 5.74) is 2.26. The molecule has 28 heavy (non-hydrogen) atoms. The maximum Gasteiger partial charge on any atom is 0.252 e. The number of hydrogen-bond acceptors (Lipinski definition) is 6. The number of hydrogen-bond donors (Lipinski definition) is 1. The lowest BCUT2D eigenvalue weighted by Gasteiger charge is -2.08. The van der Waals surface area contributed by atoms with Gasteiger partial charge in [-0.2, -0.15) is 4.80 Å². The molecule has 1 unspecified atom stereocenters. The lowest BCUT2D eigenvalue weighted by molar-refractivity contribution is -0.119. The number of aromatic nitrogens is 5. The highest BCUT2D eigenvalue weighted by Crippen LogP contribution is 2.25. The van der Waals surface area contributed by atoms with Gasteiger partial charge in [0.25, 0.3) is 5.91 Å².